The van der Waals surface area contributed by atoms with Crippen LogP contribution in [0.2, 0.25) is 0 Å². The van der Waals surface area contributed by atoms with Crippen LogP contribution < -0.4 is 5.32 Å². The third-order valence-electron chi connectivity index (χ3n) is 5.10. The topological polar surface area (TPSA) is 32.3 Å². The van der Waals surface area contributed by atoms with Crippen molar-refractivity contribution in [2.24, 2.45) is 5.92 Å². The van der Waals surface area contributed by atoms with E-state index in [2.05, 4.69) is 41.4 Å². The summed E-state index contributed by atoms with van der Waals surface area (Å²) in [5.41, 5.74) is 1.23. The maximum atomic E-state index is 12.7. The van der Waals surface area contributed by atoms with Crippen molar-refractivity contribution < 1.29 is 4.79 Å². The van der Waals surface area contributed by atoms with Gasteiger partial charge in [-0.05, 0) is 43.6 Å². The second kappa shape index (κ2) is 8.70. The van der Waals surface area contributed by atoms with Gasteiger partial charge in [-0.15, -0.1) is 12.4 Å². The summed E-state index contributed by atoms with van der Waals surface area (Å²) in [7, 11) is 0. The van der Waals surface area contributed by atoms with E-state index in [0.717, 1.165) is 25.9 Å². The van der Waals surface area contributed by atoms with Crippen LogP contribution in [0.1, 0.15) is 51.0 Å². The first-order chi connectivity index (χ1) is 10.7. The zero-order chi connectivity index (χ0) is 15.4. The quantitative estimate of drug-likeness (QED) is 0.857. The summed E-state index contributed by atoms with van der Waals surface area (Å²) in [5, 5.41) is 3.66. The number of nitrogens with one attached hydrogen (secondary N) is 1. The highest BCUT2D eigenvalue weighted by Crippen LogP contribution is 2.33. The predicted octanol–water partition coefficient (Wildman–Crippen LogP) is 3.77. The van der Waals surface area contributed by atoms with Crippen LogP contribution in [0.3, 0.4) is 0 Å². The SMILES string of the molecule is CCCN(Cc1ccccc1)C(=O)CC1CC2CCC(C1)N2.Cl. The maximum absolute atomic E-state index is 12.7. The van der Waals surface area contributed by atoms with Gasteiger partial charge in [0.1, 0.15) is 0 Å². The Morgan fingerprint density at radius 1 is 1.17 bits per heavy atom. The molecule has 128 valence electrons. The summed E-state index contributed by atoms with van der Waals surface area (Å²) >= 11 is 0. The average Bonchev–Trinajstić information content (AvgIpc) is 2.86. The van der Waals surface area contributed by atoms with Crippen molar-refractivity contribution in [3.8, 4) is 0 Å². The summed E-state index contributed by atoms with van der Waals surface area (Å²) in [6.45, 7) is 3.77. The van der Waals surface area contributed by atoms with Crippen LogP contribution in [0.4, 0.5) is 0 Å². The maximum Gasteiger partial charge on any atom is 0.223 e. The minimum atomic E-state index is 0. The Balaban J connectivity index is 0.00000192. The third kappa shape index (κ3) is 4.95. The van der Waals surface area contributed by atoms with Crippen molar-refractivity contribution >= 4 is 18.3 Å². The molecular formula is C19H29ClN2O. The molecule has 2 aliphatic heterocycles. The van der Waals surface area contributed by atoms with Crippen molar-refractivity contribution in [3.05, 3.63) is 35.9 Å². The van der Waals surface area contributed by atoms with Crippen LogP contribution in [0.5, 0.6) is 0 Å². The zero-order valence-electron chi connectivity index (χ0n) is 14.0. The van der Waals surface area contributed by atoms with E-state index >= 15 is 0 Å². The van der Waals surface area contributed by atoms with Gasteiger partial charge < -0.3 is 10.2 Å². The van der Waals surface area contributed by atoms with Crippen LogP contribution >= 0.6 is 12.4 Å². The second-order valence-corrected chi connectivity index (χ2v) is 6.98. The molecule has 3 rings (SSSR count). The number of amides is 1. The first-order valence-corrected chi connectivity index (χ1v) is 8.82. The lowest BCUT2D eigenvalue weighted by atomic mass is 9.89. The standard InChI is InChI=1S/C19H28N2O.ClH/c1-2-10-21(14-15-6-4-3-5-7-15)19(22)13-16-11-17-8-9-18(12-16)20-17;/h3-7,16-18,20H,2,8-14H2,1H3;1H. The lowest BCUT2D eigenvalue weighted by molar-refractivity contribution is -0.133. The highest BCUT2D eigenvalue weighted by molar-refractivity contribution is 5.85. The largest absolute Gasteiger partial charge is 0.338 e. The number of hydrogen-bond acceptors (Lipinski definition) is 2. The van der Waals surface area contributed by atoms with E-state index in [1.54, 1.807) is 0 Å². The molecule has 0 aliphatic carbocycles. The normalized spacial score (nSPS) is 25.7. The summed E-state index contributed by atoms with van der Waals surface area (Å²) in [5.74, 6) is 0.929. The van der Waals surface area contributed by atoms with E-state index in [4.69, 9.17) is 0 Å². The van der Waals surface area contributed by atoms with E-state index in [9.17, 15) is 4.79 Å². The molecule has 4 heteroatoms. The van der Waals surface area contributed by atoms with E-state index in [-0.39, 0.29) is 12.4 Å². The van der Waals surface area contributed by atoms with Crippen LogP contribution in [0.25, 0.3) is 0 Å². The first-order valence-electron chi connectivity index (χ1n) is 8.82. The number of benzene rings is 1. The molecule has 1 amide bonds. The van der Waals surface area contributed by atoms with Crippen LogP contribution in [-0.4, -0.2) is 29.4 Å². The van der Waals surface area contributed by atoms with Crippen molar-refractivity contribution in [1.82, 2.24) is 10.2 Å². The van der Waals surface area contributed by atoms with Gasteiger partial charge in [0.05, 0.1) is 0 Å². The van der Waals surface area contributed by atoms with Crippen molar-refractivity contribution in [2.75, 3.05) is 6.54 Å². The summed E-state index contributed by atoms with van der Waals surface area (Å²) < 4.78 is 0. The average molecular weight is 337 g/mol. The van der Waals surface area contributed by atoms with Gasteiger partial charge in [-0.3, -0.25) is 4.79 Å². The number of hydrogen-bond donors (Lipinski definition) is 1. The second-order valence-electron chi connectivity index (χ2n) is 6.98. The molecule has 2 unspecified atom stereocenters. The molecule has 2 bridgehead atoms. The Morgan fingerprint density at radius 2 is 1.83 bits per heavy atom. The van der Waals surface area contributed by atoms with Gasteiger partial charge in [0.25, 0.3) is 0 Å². The van der Waals surface area contributed by atoms with Gasteiger partial charge >= 0.3 is 0 Å². The van der Waals surface area contributed by atoms with E-state index < -0.39 is 0 Å². The highest BCUT2D eigenvalue weighted by Gasteiger charge is 2.34. The Labute approximate surface area is 146 Å². The fourth-order valence-corrected chi connectivity index (χ4v) is 4.08. The van der Waals surface area contributed by atoms with E-state index in [1.165, 1.54) is 31.2 Å². The lowest BCUT2D eigenvalue weighted by Crippen LogP contribution is -2.40. The molecule has 0 aromatic heterocycles. The molecule has 2 saturated heterocycles. The number of carbonyl (C=O) groups excluding carboxylic acids is 1. The lowest BCUT2D eigenvalue weighted by Gasteiger charge is -2.31. The summed E-state index contributed by atoms with van der Waals surface area (Å²) in [4.78, 5) is 14.8. The van der Waals surface area contributed by atoms with Gasteiger partial charge in [0.15, 0.2) is 0 Å². The number of rotatable bonds is 6. The van der Waals surface area contributed by atoms with Crippen LogP contribution in [0, 0.1) is 5.92 Å². The van der Waals surface area contributed by atoms with Crippen molar-refractivity contribution in [1.29, 1.82) is 0 Å². The van der Waals surface area contributed by atoms with Gasteiger partial charge in [0, 0.05) is 31.6 Å². The number of piperidine rings is 1. The smallest absolute Gasteiger partial charge is 0.223 e. The first kappa shape index (κ1) is 18.3. The molecule has 3 nitrogen and oxygen atoms in total. The molecular weight excluding hydrogens is 308 g/mol. The Hall–Kier alpha value is -1.06. The fourth-order valence-electron chi connectivity index (χ4n) is 4.08. The number of fused-ring (bicyclic) bond motifs is 2. The molecule has 2 heterocycles. The number of halogens is 1. The van der Waals surface area contributed by atoms with Gasteiger partial charge in [-0.1, -0.05) is 37.3 Å². The van der Waals surface area contributed by atoms with Crippen LogP contribution in [-0.2, 0) is 11.3 Å². The predicted molar refractivity (Wildman–Crippen MR) is 96.7 cm³/mol. The van der Waals surface area contributed by atoms with Gasteiger partial charge in [0.2, 0.25) is 5.91 Å². The van der Waals surface area contributed by atoms with Crippen molar-refractivity contribution in [3.63, 3.8) is 0 Å². The molecule has 1 aromatic carbocycles. The number of carbonyl (C=O) groups is 1. The molecule has 1 N–H and O–H groups in total. The molecule has 2 aliphatic rings. The fraction of sp³-hybridized carbons (Fsp3) is 0.632. The minimum absolute atomic E-state index is 0. The van der Waals surface area contributed by atoms with Crippen molar-refractivity contribution in [2.45, 2.75) is 64.1 Å². The summed E-state index contributed by atoms with van der Waals surface area (Å²) in [6, 6.07) is 11.7. The minimum Gasteiger partial charge on any atom is -0.338 e. The molecule has 0 spiro atoms. The Bertz CT molecular complexity index is 481. The molecule has 1 aromatic rings. The molecule has 0 radical (unpaired) electrons. The Kier molecular flexibility index (Phi) is 6.91. The number of nitrogens with zero attached hydrogens (tertiary/aromatic N) is 1. The zero-order valence-corrected chi connectivity index (χ0v) is 14.9. The Morgan fingerprint density at radius 3 is 2.43 bits per heavy atom. The molecule has 2 atom stereocenters. The van der Waals surface area contributed by atoms with Crippen LogP contribution in [0.15, 0.2) is 30.3 Å². The molecule has 2 fully saturated rings. The van der Waals surface area contributed by atoms with Gasteiger partial charge in [-0.2, -0.15) is 0 Å². The molecule has 23 heavy (non-hydrogen) atoms. The van der Waals surface area contributed by atoms with Gasteiger partial charge in [-0.25, -0.2) is 0 Å². The van der Waals surface area contributed by atoms with E-state index in [0.29, 0.717) is 23.9 Å². The monoisotopic (exact) mass is 336 g/mol. The summed E-state index contributed by atoms with van der Waals surface area (Å²) in [6.07, 6.45) is 6.74. The highest BCUT2D eigenvalue weighted by atomic mass is 35.5. The van der Waals surface area contributed by atoms with E-state index in [1.807, 2.05) is 6.07 Å². The molecule has 0 saturated carbocycles. The third-order valence-corrected chi connectivity index (χ3v) is 5.10.